The fourth-order valence-corrected chi connectivity index (χ4v) is 2.15. The highest BCUT2D eigenvalue weighted by molar-refractivity contribution is 6.30. The van der Waals surface area contributed by atoms with Crippen molar-refractivity contribution >= 4 is 17.5 Å². The Morgan fingerprint density at radius 3 is 2.95 bits per heavy atom. The number of nitrogens with one attached hydrogen (secondary N) is 2. The lowest BCUT2D eigenvalue weighted by molar-refractivity contribution is -0.120. The van der Waals surface area contributed by atoms with E-state index in [2.05, 4.69) is 17.6 Å². The first-order valence-corrected chi connectivity index (χ1v) is 6.88. The van der Waals surface area contributed by atoms with Gasteiger partial charge in [-0.3, -0.25) is 4.79 Å². The molecule has 1 aliphatic carbocycles. The van der Waals surface area contributed by atoms with Crippen molar-refractivity contribution in [2.75, 3.05) is 6.54 Å². The summed E-state index contributed by atoms with van der Waals surface area (Å²) in [4.78, 5) is 11.6. The van der Waals surface area contributed by atoms with Crippen LogP contribution in [0.25, 0.3) is 0 Å². The molecule has 0 aliphatic heterocycles. The first kappa shape index (κ1) is 14.3. The van der Waals surface area contributed by atoms with Gasteiger partial charge in [0.1, 0.15) is 5.82 Å². The minimum absolute atomic E-state index is 0.0761. The van der Waals surface area contributed by atoms with Crippen molar-refractivity contribution in [1.29, 1.82) is 0 Å². The molecule has 19 heavy (non-hydrogen) atoms. The normalized spacial score (nSPS) is 16.2. The highest BCUT2D eigenvalue weighted by atomic mass is 35.5. The summed E-state index contributed by atoms with van der Waals surface area (Å²) in [6.07, 6.45) is 2.48. The molecule has 2 rings (SSSR count). The van der Waals surface area contributed by atoms with E-state index in [9.17, 15) is 9.18 Å². The van der Waals surface area contributed by atoms with Gasteiger partial charge >= 0.3 is 0 Å². The number of hydrogen-bond acceptors (Lipinski definition) is 2. The summed E-state index contributed by atoms with van der Waals surface area (Å²) in [6, 6.07) is 5.14. The van der Waals surface area contributed by atoms with Crippen LogP contribution in [0.5, 0.6) is 0 Å². The van der Waals surface area contributed by atoms with Crippen LogP contribution in [0.4, 0.5) is 4.39 Å². The lowest BCUT2D eigenvalue weighted by Gasteiger charge is -2.12. The van der Waals surface area contributed by atoms with E-state index in [1.807, 2.05) is 0 Å². The van der Waals surface area contributed by atoms with Gasteiger partial charge in [0.15, 0.2) is 0 Å². The Morgan fingerprint density at radius 1 is 1.53 bits per heavy atom. The Bertz CT molecular complexity index is 463. The summed E-state index contributed by atoms with van der Waals surface area (Å²) in [5.41, 5.74) is 0.399. The molecule has 1 aromatic carbocycles. The average molecular weight is 285 g/mol. The maximum Gasteiger partial charge on any atom is 0.234 e. The van der Waals surface area contributed by atoms with Crippen molar-refractivity contribution in [1.82, 2.24) is 10.6 Å². The predicted molar refractivity (Wildman–Crippen MR) is 73.4 cm³/mol. The second-order valence-corrected chi connectivity index (χ2v) is 5.40. The Morgan fingerprint density at radius 2 is 2.26 bits per heavy atom. The smallest absolute Gasteiger partial charge is 0.234 e. The molecule has 5 heteroatoms. The van der Waals surface area contributed by atoms with Crippen LogP contribution < -0.4 is 10.6 Å². The Labute approximate surface area is 117 Å². The van der Waals surface area contributed by atoms with Crippen molar-refractivity contribution in [2.24, 2.45) is 5.92 Å². The third kappa shape index (κ3) is 4.18. The van der Waals surface area contributed by atoms with Gasteiger partial charge in [0, 0.05) is 18.2 Å². The van der Waals surface area contributed by atoms with E-state index >= 15 is 0 Å². The molecular formula is C14H18ClFN2O. The fourth-order valence-electron chi connectivity index (χ4n) is 1.96. The van der Waals surface area contributed by atoms with Crippen molar-refractivity contribution in [2.45, 2.75) is 32.4 Å². The molecule has 0 heterocycles. The number of hydrogen-bond donors (Lipinski definition) is 2. The van der Waals surface area contributed by atoms with E-state index in [1.165, 1.54) is 18.9 Å². The number of carbonyl (C=O) groups is 1. The van der Waals surface area contributed by atoms with E-state index < -0.39 is 5.82 Å². The van der Waals surface area contributed by atoms with Gasteiger partial charge in [0.25, 0.3) is 0 Å². The third-order valence-electron chi connectivity index (χ3n) is 3.42. The summed E-state index contributed by atoms with van der Waals surface area (Å²) >= 11 is 5.67. The Hall–Kier alpha value is -1.13. The largest absolute Gasteiger partial charge is 0.351 e. The number of rotatable bonds is 6. The van der Waals surface area contributed by atoms with Crippen LogP contribution in [0.15, 0.2) is 18.2 Å². The molecule has 104 valence electrons. The lowest BCUT2D eigenvalue weighted by atomic mass is 10.2. The second-order valence-electron chi connectivity index (χ2n) is 5.00. The molecule has 0 saturated heterocycles. The van der Waals surface area contributed by atoms with E-state index in [0.29, 0.717) is 17.5 Å². The molecule has 1 aromatic rings. The van der Waals surface area contributed by atoms with Gasteiger partial charge in [-0.25, -0.2) is 4.39 Å². The molecule has 0 aromatic heterocycles. The molecule has 0 radical (unpaired) electrons. The molecule has 1 saturated carbocycles. The molecule has 1 atom stereocenters. The zero-order chi connectivity index (χ0) is 13.8. The highest BCUT2D eigenvalue weighted by Crippen LogP contribution is 2.32. The highest BCUT2D eigenvalue weighted by Gasteiger charge is 2.27. The zero-order valence-electron chi connectivity index (χ0n) is 10.9. The van der Waals surface area contributed by atoms with Crippen LogP contribution in [0.1, 0.15) is 25.3 Å². The molecule has 1 aliphatic rings. The van der Waals surface area contributed by atoms with Gasteiger partial charge < -0.3 is 10.6 Å². The van der Waals surface area contributed by atoms with Crippen molar-refractivity contribution in [3.8, 4) is 0 Å². The van der Waals surface area contributed by atoms with Crippen molar-refractivity contribution < 1.29 is 9.18 Å². The van der Waals surface area contributed by atoms with Crippen LogP contribution in [0.3, 0.4) is 0 Å². The lowest BCUT2D eigenvalue weighted by Crippen LogP contribution is -2.38. The summed E-state index contributed by atoms with van der Waals surface area (Å²) in [6.45, 7) is 2.51. The van der Waals surface area contributed by atoms with Gasteiger partial charge in [-0.2, -0.15) is 0 Å². The van der Waals surface area contributed by atoms with Crippen LogP contribution in [0.2, 0.25) is 5.02 Å². The molecule has 0 spiro atoms. The van der Waals surface area contributed by atoms with Crippen molar-refractivity contribution in [3.05, 3.63) is 34.6 Å². The molecule has 3 nitrogen and oxygen atoms in total. The van der Waals surface area contributed by atoms with Crippen molar-refractivity contribution in [3.63, 3.8) is 0 Å². The first-order chi connectivity index (χ1) is 9.08. The van der Waals surface area contributed by atoms with E-state index in [4.69, 9.17) is 11.6 Å². The molecule has 1 amide bonds. The summed E-state index contributed by atoms with van der Waals surface area (Å²) < 4.78 is 13.6. The Balaban J connectivity index is 1.75. The Kier molecular flexibility index (Phi) is 4.77. The van der Waals surface area contributed by atoms with Crippen LogP contribution in [0, 0.1) is 11.7 Å². The zero-order valence-corrected chi connectivity index (χ0v) is 11.6. The van der Waals surface area contributed by atoms with Crippen LogP contribution >= 0.6 is 11.6 Å². The van der Waals surface area contributed by atoms with E-state index in [0.717, 1.165) is 0 Å². The molecule has 0 unspecified atom stereocenters. The summed E-state index contributed by atoms with van der Waals surface area (Å²) in [5.74, 6) is 0.105. The topological polar surface area (TPSA) is 41.1 Å². The van der Waals surface area contributed by atoms with Gasteiger partial charge in [-0.15, -0.1) is 0 Å². The first-order valence-electron chi connectivity index (χ1n) is 6.51. The number of amides is 1. The standard InChI is InChI=1S/C14H18ClFN2O/c1-9(10-5-6-10)17-8-13(19)18-7-11-3-2-4-12(15)14(11)16/h2-4,9-10,17H,5-8H2,1H3,(H,18,19)/t9-/m0/s1. The summed E-state index contributed by atoms with van der Waals surface area (Å²) in [5, 5.41) is 5.93. The maximum atomic E-state index is 13.6. The van der Waals surface area contributed by atoms with Gasteiger partial charge in [0.05, 0.1) is 11.6 Å². The fraction of sp³-hybridized carbons (Fsp3) is 0.500. The van der Waals surface area contributed by atoms with Gasteiger partial charge in [0.2, 0.25) is 5.91 Å². The SMILES string of the molecule is C[C@H](NCC(=O)NCc1cccc(Cl)c1F)C1CC1. The number of benzene rings is 1. The van der Waals surface area contributed by atoms with Gasteiger partial charge in [-0.05, 0) is 31.7 Å². The van der Waals surface area contributed by atoms with E-state index in [1.54, 1.807) is 12.1 Å². The second kappa shape index (κ2) is 6.35. The number of carbonyl (C=O) groups excluding carboxylic acids is 1. The minimum Gasteiger partial charge on any atom is -0.351 e. The van der Waals surface area contributed by atoms with E-state index in [-0.39, 0.29) is 24.0 Å². The predicted octanol–water partition coefficient (Wildman–Crippen LogP) is 2.48. The minimum atomic E-state index is -0.469. The quantitative estimate of drug-likeness (QED) is 0.843. The molecular weight excluding hydrogens is 267 g/mol. The van der Waals surface area contributed by atoms with Crippen LogP contribution in [-0.4, -0.2) is 18.5 Å². The summed E-state index contributed by atoms with van der Waals surface area (Å²) in [7, 11) is 0. The number of halogens is 2. The maximum absolute atomic E-state index is 13.6. The molecule has 0 bridgehead atoms. The monoisotopic (exact) mass is 284 g/mol. The molecule has 2 N–H and O–H groups in total. The average Bonchev–Trinajstić information content (AvgIpc) is 3.22. The molecule has 1 fully saturated rings. The third-order valence-corrected chi connectivity index (χ3v) is 3.71. The van der Waals surface area contributed by atoms with Gasteiger partial charge in [-0.1, -0.05) is 23.7 Å². The van der Waals surface area contributed by atoms with Crippen LogP contribution in [-0.2, 0) is 11.3 Å².